The van der Waals surface area contributed by atoms with E-state index in [4.69, 9.17) is 5.11 Å². The van der Waals surface area contributed by atoms with Gasteiger partial charge in [-0.25, -0.2) is 4.79 Å². The molecule has 2 heterocycles. The molecule has 2 fully saturated rings. The van der Waals surface area contributed by atoms with Crippen molar-refractivity contribution in [3.63, 3.8) is 0 Å². The van der Waals surface area contributed by atoms with Crippen LogP contribution < -0.4 is 0 Å². The fourth-order valence-corrected chi connectivity index (χ4v) is 3.23. The topological polar surface area (TPSA) is 64.1 Å². The summed E-state index contributed by atoms with van der Waals surface area (Å²) in [5.74, 6) is -0.989. The van der Waals surface area contributed by atoms with Crippen molar-refractivity contribution in [1.82, 2.24) is 14.7 Å². The average molecular weight is 295 g/mol. The molecule has 2 rings (SSSR count). The van der Waals surface area contributed by atoms with Crippen LogP contribution in [0, 0.1) is 0 Å². The molecule has 21 heavy (non-hydrogen) atoms. The van der Waals surface area contributed by atoms with Crippen LogP contribution in [0.25, 0.3) is 0 Å². The summed E-state index contributed by atoms with van der Waals surface area (Å²) in [5, 5.41) is 8.90. The molecule has 118 valence electrons. The van der Waals surface area contributed by atoms with Gasteiger partial charge in [0.1, 0.15) is 6.54 Å². The Bertz CT molecular complexity index is 394. The van der Waals surface area contributed by atoms with Gasteiger partial charge in [-0.05, 0) is 32.4 Å². The largest absolute Gasteiger partial charge is 0.480 e. The third-order valence-corrected chi connectivity index (χ3v) is 4.29. The van der Waals surface area contributed by atoms with Gasteiger partial charge in [-0.15, -0.1) is 6.58 Å². The van der Waals surface area contributed by atoms with Crippen LogP contribution in [0.2, 0.25) is 0 Å². The van der Waals surface area contributed by atoms with Crippen molar-refractivity contribution >= 4 is 12.0 Å². The lowest BCUT2D eigenvalue weighted by molar-refractivity contribution is -0.137. The van der Waals surface area contributed by atoms with Gasteiger partial charge in [-0.3, -0.25) is 9.69 Å². The third-order valence-electron chi connectivity index (χ3n) is 4.29. The Morgan fingerprint density at radius 2 is 1.95 bits per heavy atom. The number of carbonyl (C=O) groups is 2. The van der Waals surface area contributed by atoms with Gasteiger partial charge in [-0.2, -0.15) is 0 Å². The fraction of sp³-hybridized carbons (Fsp3) is 0.733. The normalized spacial score (nSPS) is 23.0. The van der Waals surface area contributed by atoms with Crippen molar-refractivity contribution in [2.75, 3.05) is 39.3 Å². The molecule has 1 unspecified atom stereocenters. The summed E-state index contributed by atoms with van der Waals surface area (Å²) in [4.78, 5) is 28.9. The van der Waals surface area contributed by atoms with Crippen molar-refractivity contribution in [2.24, 2.45) is 0 Å². The number of rotatable bonds is 5. The van der Waals surface area contributed by atoms with Crippen LogP contribution in [0.5, 0.6) is 0 Å². The molecule has 1 atom stereocenters. The van der Waals surface area contributed by atoms with Crippen LogP contribution in [0.3, 0.4) is 0 Å². The van der Waals surface area contributed by atoms with Crippen molar-refractivity contribution in [3.05, 3.63) is 12.7 Å². The minimum absolute atomic E-state index is 0.184. The molecule has 0 spiro atoms. The zero-order valence-electron chi connectivity index (χ0n) is 12.5. The van der Waals surface area contributed by atoms with Gasteiger partial charge < -0.3 is 14.9 Å². The molecule has 0 aromatic heterocycles. The molecule has 0 bridgehead atoms. The van der Waals surface area contributed by atoms with Crippen molar-refractivity contribution < 1.29 is 14.7 Å². The van der Waals surface area contributed by atoms with Gasteiger partial charge in [0.15, 0.2) is 0 Å². The highest BCUT2D eigenvalue weighted by Gasteiger charge is 2.33. The Hall–Kier alpha value is -1.56. The molecular formula is C15H25N3O3. The Morgan fingerprint density at radius 3 is 2.57 bits per heavy atom. The second-order valence-electron chi connectivity index (χ2n) is 5.83. The van der Waals surface area contributed by atoms with Gasteiger partial charge in [0.2, 0.25) is 0 Å². The smallest absolute Gasteiger partial charge is 0.323 e. The lowest BCUT2D eigenvalue weighted by Crippen LogP contribution is -2.46. The summed E-state index contributed by atoms with van der Waals surface area (Å²) in [7, 11) is 0. The van der Waals surface area contributed by atoms with Crippen LogP contribution in [0.1, 0.15) is 25.7 Å². The minimum Gasteiger partial charge on any atom is -0.480 e. The molecule has 0 saturated carbocycles. The molecule has 1 N–H and O–H groups in total. The predicted molar refractivity (Wildman–Crippen MR) is 80.2 cm³/mol. The molecular weight excluding hydrogens is 270 g/mol. The van der Waals surface area contributed by atoms with E-state index in [2.05, 4.69) is 11.5 Å². The summed E-state index contributed by atoms with van der Waals surface area (Å²) >= 11 is 0. The Balaban J connectivity index is 1.90. The van der Waals surface area contributed by atoms with Crippen molar-refractivity contribution in [1.29, 1.82) is 0 Å². The van der Waals surface area contributed by atoms with Crippen LogP contribution in [0.15, 0.2) is 12.7 Å². The number of hydrogen-bond acceptors (Lipinski definition) is 3. The summed E-state index contributed by atoms with van der Waals surface area (Å²) in [6.45, 7) is 7.27. The number of carboxylic acids is 1. The number of amides is 2. The quantitative estimate of drug-likeness (QED) is 0.775. The van der Waals surface area contributed by atoms with E-state index in [1.807, 2.05) is 0 Å². The van der Waals surface area contributed by atoms with Gasteiger partial charge >= 0.3 is 12.0 Å². The molecule has 2 aliphatic heterocycles. The maximum atomic E-state index is 12.4. The molecule has 0 aromatic carbocycles. The van der Waals surface area contributed by atoms with E-state index >= 15 is 0 Å². The van der Waals surface area contributed by atoms with E-state index in [-0.39, 0.29) is 19.1 Å². The first-order valence-corrected chi connectivity index (χ1v) is 7.72. The van der Waals surface area contributed by atoms with E-state index in [9.17, 15) is 9.59 Å². The Labute approximate surface area is 126 Å². The summed E-state index contributed by atoms with van der Waals surface area (Å²) in [6.07, 6.45) is 6.34. The van der Waals surface area contributed by atoms with E-state index in [1.54, 1.807) is 11.0 Å². The predicted octanol–water partition coefficient (Wildman–Crippen LogP) is 1.24. The molecule has 2 amide bonds. The summed E-state index contributed by atoms with van der Waals surface area (Å²) in [6, 6.07) is 0.251. The number of urea groups is 1. The highest BCUT2D eigenvalue weighted by Crippen LogP contribution is 2.21. The zero-order valence-corrected chi connectivity index (χ0v) is 12.5. The first-order valence-electron chi connectivity index (χ1n) is 7.72. The average Bonchev–Trinajstić information content (AvgIpc) is 2.96. The summed E-state index contributed by atoms with van der Waals surface area (Å²) in [5.41, 5.74) is 0. The maximum Gasteiger partial charge on any atom is 0.323 e. The van der Waals surface area contributed by atoms with Gasteiger partial charge in [0.25, 0.3) is 0 Å². The molecule has 2 aliphatic rings. The molecule has 0 radical (unpaired) electrons. The van der Waals surface area contributed by atoms with E-state index in [1.165, 1.54) is 24.2 Å². The molecule has 6 nitrogen and oxygen atoms in total. The molecule has 6 heteroatoms. The van der Waals surface area contributed by atoms with E-state index < -0.39 is 5.97 Å². The first-order chi connectivity index (χ1) is 10.1. The van der Waals surface area contributed by atoms with Crippen LogP contribution >= 0.6 is 0 Å². The van der Waals surface area contributed by atoms with E-state index in [0.717, 1.165) is 19.5 Å². The highest BCUT2D eigenvalue weighted by atomic mass is 16.4. The van der Waals surface area contributed by atoms with Crippen molar-refractivity contribution in [2.45, 2.75) is 31.7 Å². The lowest BCUT2D eigenvalue weighted by atomic mass is 10.1. The molecule has 0 aliphatic carbocycles. The van der Waals surface area contributed by atoms with Crippen LogP contribution in [0.4, 0.5) is 4.79 Å². The minimum atomic E-state index is -0.989. The van der Waals surface area contributed by atoms with Gasteiger partial charge in [0, 0.05) is 25.7 Å². The SMILES string of the molecule is C=CCN(CC(=O)O)C(=O)N1CCC(N2CCCCC2)C1. The number of aliphatic carboxylic acids is 1. The summed E-state index contributed by atoms with van der Waals surface area (Å²) < 4.78 is 0. The zero-order chi connectivity index (χ0) is 15.2. The maximum absolute atomic E-state index is 12.4. The number of carbonyl (C=O) groups excluding carboxylic acids is 1. The Kier molecular flexibility index (Phi) is 5.61. The molecule has 2 saturated heterocycles. The Morgan fingerprint density at radius 1 is 1.24 bits per heavy atom. The third kappa shape index (κ3) is 4.20. The van der Waals surface area contributed by atoms with Gasteiger partial charge in [0.05, 0.1) is 0 Å². The highest BCUT2D eigenvalue weighted by molar-refractivity contribution is 5.80. The van der Waals surface area contributed by atoms with Crippen molar-refractivity contribution in [3.8, 4) is 0 Å². The first kappa shape index (κ1) is 15.8. The fourth-order valence-electron chi connectivity index (χ4n) is 3.23. The number of hydrogen-bond donors (Lipinski definition) is 1. The number of likely N-dealkylation sites (tertiary alicyclic amines) is 2. The second-order valence-corrected chi connectivity index (χ2v) is 5.83. The van der Waals surface area contributed by atoms with E-state index in [0.29, 0.717) is 19.1 Å². The number of piperidine rings is 1. The monoisotopic (exact) mass is 295 g/mol. The van der Waals surface area contributed by atoms with Crippen LogP contribution in [-0.2, 0) is 4.79 Å². The number of carboxylic acid groups (broad SMARTS) is 1. The second kappa shape index (κ2) is 7.45. The standard InChI is InChI=1S/C15H25N3O3/c1-2-7-17(12-14(19)20)15(21)18-10-6-13(11-18)16-8-4-3-5-9-16/h2,13H,1,3-12H2,(H,19,20). The lowest BCUT2D eigenvalue weighted by Gasteiger charge is -2.32. The number of nitrogens with zero attached hydrogens (tertiary/aromatic N) is 3. The van der Waals surface area contributed by atoms with Gasteiger partial charge in [-0.1, -0.05) is 12.5 Å². The van der Waals surface area contributed by atoms with Crippen LogP contribution in [-0.4, -0.2) is 77.1 Å². The molecule has 0 aromatic rings.